The molecule has 0 aliphatic heterocycles. The summed E-state index contributed by atoms with van der Waals surface area (Å²) in [5, 5.41) is 1.01. The van der Waals surface area contributed by atoms with Crippen LogP contribution in [0.1, 0.15) is 40.6 Å². The quantitative estimate of drug-likeness (QED) is 0.551. The first-order valence-corrected chi connectivity index (χ1v) is 8.90. The van der Waals surface area contributed by atoms with Crippen LogP contribution in [-0.2, 0) is 19.3 Å². The molecule has 0 amide bonds. The fourth-order valence-corrected chi connectivity index (χ4v) is 3.10. The highest BCUT2D eigenvalue weighted by Crippen LogP contribution is 2.22. The minimum absolute atomic E-state index is 0.441. The molecular weight excluding hydrogens is 341 g/mol. The average molecular weight is 360 g/mol. The molecule has 0 aliphatic rings. The van der Waals surface area contributed by atoms with Crippen LogP contribution in [0.2, 0.25) is 0 Å². The van der Waals surface area contributed by atoms with Crippen molar-refractivity contribution >= 4 is 11.0 Å². The van der Waals surface area contributed by atoms with E-state index < -0.39 is 5.95 Å². The molecule has 0 saturated carbocycles. The van der Waals surface area contributed by atoms with Crippen LogP contribution in [-0.4, -0.2) is 24.9 Å². The number of pyridine rings is 2. The number of aromatic amines is 1. The molecule has 0 fully saturated rings. The minimum atomic E-state index is -0.494. The number of hydrogen-bond donors (Lipinski definition) is 1. The number of H-pyrrole nitrogens is 1. The largest absolute Gasteiger partial charge is 0.346 e. The van der Waals surface area contributed by atoms with Crippen molar-refractivity contribution in [1.82, 2.24) is 24.9 Å². The molecule has 1 radical (unpaired) electrons. The van der Waals surface area contributed by atoms with Crippen LogP contribution in [0.25, 0.3) is 11.0 Å². The Labute approximate surface area is 156 Å². The second kappa shape index (κ2) is 7.23. The summed E-state index contributed by atoms with van der Waals surface area (Å²) in [4.78, 5) is 20.0. The molecule has 0 saturated heterocycles. The predicted octanol–water partition coefficient (Wildman–Crippen LogP) is 3.74. The summed E-state index contributed by atoms with van der Waals surface area (Å²) in [5.41, 5.74) is 5.18. The number of halogens is 1. The van der Waals surface area contributed by atoms with Crippen LogP contribution >= 0.6 is 0 Å². The highest BCUT2D eigenvalue weighted by Gasteiger charge is 2.12. The summed E-state index contributed by atoms with van der Waals surface area (Å²) < 4.78 is 14.3. The van der Waals surface area contributed by atoms with Crippen molar-refractivity contribution in [3.8, 4) is 0 Å². The van der Waals surface area contributed by atoms with Gasteiger partial charge in [-0.15, -0.1) is 0 Å². The van der Waals surface area contributed by atoms with Crippen molar-refractivity contribution in [2.75, 3.05) is 0 Å². The van der Waals surface area contributed by atoms with Crippen molar-refractivity contribution in [2.24, 2.45) is 0 Å². The molecule has 4 aromatic rings. The number of nitrogens with zero attached hydrogens (tertiary/aromatic N) is 4. The van der Waals surface area contributed by atoms with Gasteiger partial charge in [-0.1, -0.05) is 6.92 Å². The van der Waals surface area contributed by atoms with E-state index in [2.05, 4.69) is 37.2 Å². The van der Waals surface area contributed by atoms with Crippen molar-refractivity contribution < 1.29 is 4.39 Å². The third kappa shape index (κ3) is 3.69. The first-order valence-electron chi connectivity index (χ1n) is 8.90. The Balaban J connectivity index is 1.60. The van der Waals surface area contributed by atoms with Crippen LogP contribution in [0.4, 0.5) is 4.39 Å². The molecule has 0 unspecified atom stereocenters. The maximum absolute atomic E-state index is 14.3. The standard InChI is InChI=1S/C21H19FN5/c1-3-19-23-10-15(11-24-19)5-14-6-16(20(22)25-9-14)7-17-12-27-21-18(17)4-13(2)8-26-21/h4,6,8,10-12H,3,5,7H2,1-2H3,(H,26,27). The van der Waals surface area contributed by atoms with Crippen LogP contribution < -0.4 is 0 Å². The monoisotopic (exact) mass is 360 g/mol. The fraction of sp³-hybridized carbons (Fsp3) is 0.238. The Morgan fingerprint density at radius 2 is 1.85 bits per heavy atom. The Morgan fingerprint density at radius 1 is 1.04 bits per heavy atom. The zero-order chi connectivity index (χ0) is 18.8. The maximum Gasteiger partial charge on any atom is 0.217 e. The van der Waals surface area contributed by atoms with Crippen molar-refractivity contribution in [3.05, 3.63) is 82.7 Å². The summed E-state index contributed by atoms with van der Waals surface area (Å²) >= 11 is 0. The number of nitrogens with one attached hydrogen (secondary N) is 1. The first kappa shape index (κ1) is 17.3. The van der Waals surface area contributed by atoms with Gasteiger partial charge < -0.3 is 4.98 Å². The van der Waals surface area contributed by atoms with E-state index in [1.807, 2.05) is 32.3 Å². The summed E-state index contributed by atoms with van der Waals surface area (Å²) in [6, 6.07) is 3.88. The first-order chi connectivity index (χ1) is 13.1. The van der Waals surface area contributed by atoms with Crippen molar-refractivity contribution in [2.45, 2.75) is 33.1 Å². The molecule has 5 nitrogen and oxygen atoms in total. The van der Waals surface area contributed by atoms with E-state index >= 15 is 0 Å². The van der Waals surface area contributed by atoms with Gasteiger partial charge in [0.2, 0.25) is 5.95 Å². The molecule has 27 heavy (non-hydrogen) atoms. The highest BCUT2D eigenvalue weighted by molar-refractivity contribution is 5.80. The second-order valence-corrected chi connectivity index (χ2v) is 6.65. The third-order valence-corrected chi connectivity index (χ3v) is 4.52. The van der Waals surface area contributed by atoms with E-state index in [1.54, 1.807) is 12.4 Å². The molecule has 135 valence electrons. The van der Waals surface area contributed by atoms with Gasteiger partial charge in [0.05, 0.1) is 6.20 Å². The molecule has 0 atom stereocenters. The number of aromatic nitrogens is 5. The number of fused-ring (bicyclic) bond motifs is 1. The van der Waals surface area contributed by atoms with Crippen LogP contribution in [0.15, 0.2) is 36.9 Å². The predicted molar refractivity (Wildman–Crippen MR) is 101 cm³/mol. The molecule has 0 aromatic carbocycles. The smallest absolute Gasteiger partial charge is 0.217 e. The summed E-state index contributed by atoms with van der Waals surface area (Å²) in [6.07, 6.45) is 11.9. The van der Waals surface area contributed by atoms with E-state index in [0.717, 1.165) is 45.5 Å². The molecule has 4 heterocycles. The lowest BCUT2D eigenvalue weighted by Crippen LogP contribution is -2.01. The molecule has 0 spiro atoms. The Kier molecular flexibility index (Phi) is 4.62. The number of aryl methyl sites for hydroxylation is 2. The normalized spacial score (nSPS) is 11.2. The van der Waals surface area contributed by atoms with Crippen LogP contribution in [0.3, 0.4) is 0 Å². The topological polar surface area (TPSA) is 67.3 Å². The Bertz CT molecular complexity index is 1090. The van der Waals surface area contributed by atoms with E-state index in [0.29, 0.717) is 18.4 Å². The van der Waals surface area contributed by atoms with E-state index in [-0.39, 0.29) is 0 Å². The summed E-state index contributed by atoms with van der Waals surface area (Å²) in [7, 11) is 0. The van der Waals surface area contributed by atoms with E-state index in [1.165, 1.54) is 0 Å². The van der Waals surface area contributed by atoms with Gasteiger partial charge in [0.1, 0.15) is 11.5 Å². The molecule has 0 bridgehead atoms. The van der Waals surface area contributed by atoms with Crippen LogP contribution in [0.5, 0.6) is 0 Å². The molecule has 4 rings (SSSR count). The summed E-state index contributed by atoms with van der Waals surface area (Å²) in [5.74, 6) is 0.315. The van der Waals surface area contributed by atoms with Gasteiger partial charge >= 0.3 is 0 Å². The number of hydrogen-bond acceptors (Lipinski definition) is 4. The van der Waals surface area contributed by atoms with Gasteiger partial charge in [-0.05, 0) is 41.3 Å². The minimum Gasteiger partial charge on any atom is -0.346 e. The zero-order valence-electron chi connectivity index (χ0n) is 15.3. The average Bonchev–Trinajstić information content (AvgIpc) is 3.07. The lowest BCUT2D eigenvalue weighted by atomic mass is 10.0. The summed E-state index contributed by atoms with van der Waals surface area (Å²) in [6.45, 7) is 4.01. The lowest BCUT2D eigenvalue weighted by Gasteiger charge is -2.06. The third-order valence-electron chi connectivity index (χ3n) is 4.52. The zero-order valence-corrected chi connectivity index (χ0v) is 15.3. The molecular formula is C21H19FN5. The molecule has 0 aliphatic carbocycles. The number of rotatable bonds is 5. The van der Waals surface area contributed by atoms with Gasteiger partial charge in [0.25, 0.3) is 0 Å². The van der Waals surface area contributed by atoms with Crippen molar-refractivity contribution in [1.29, 1.82) is 0 Å². The van der Waals surface area contributed by atoms with Gasteiger partial charge in [-0.25, -0.2) is 19.9 Å². The molecule has 4 aromatic heterocycles. The van der Waals surface area contributed by atoms with Gasteiger partial charge in [-0.3, -0.25) is 0 Å². The Morgan fingerprint density at radius 3 is 2.63 bits per heavy atom. The van der Waals surface area contributed by atoms with Crippen LogP contribution in [0, 0.1) is 19.1 Å². The molecule has 6 heteroatoms. The van der Waals surface area contributed by atoms with Gasteiger partial charge in [-0.2, -0.15) is 4.39 Å². The highest BCUT2D eigenvalue weighted by atomic mass is 19.1. The SMILES string of the molecule is CCc1ncc(Cc2[c]nc(F)c(Cc3c[nH]c4ncc(C)cc34)c2)cn1. The van der Waals surface area contributed by atoms with E-state index in [4.69, 9.17) is 0 Å². The molecule has 1 N–H and O–H groups in total. The van der Waals surface area contributed by atoms with Crippen molar-refractivity contribution in [3.63, 3.8) is 0 Å². The van der Waals surface area contributed by atoms with E-state index in [9.17, 15) is 4.39 Å². The fourth-order valence-electron chi connectivity index (χ4n) is 3.10. The maximum atomic E-state index is 14.3. The Hall–Kier alpha value is -3.15. The van der Waals surface area contributed by atoms with Gasteiger partial charge in [0.15, 0.2) is 0 Å². The lowest BCUT2D eigenvalue weighted by molar-refractivity contribution is 0.568. The second-order valence-electron chi connectivity index (χ2n) is 6.65. The van der Waals surface area contributed by atoms with Gasteiger partial charge in [0, 0.05) is 55.0 Å².